The lowest BCUT2D eigenvalue weighted by Gasteiger charge is -2.37. The molecule has 0 spiro atoms. The number of oxazole rings is 1. The fraction of sp³-hybridized carbons (Fsp3) is 0.176. The summed E-state index contributed by atoms with van der Waals surface area (Å²) in [5, 5.41) is 13.1. The molecule has 3 aromatic rings. The second-order valence-corrected chi connectivity index (χ2v) is 5.75. The minimum atomic E-state index is -1.13. The average Bonchev–Trinajstić information content (AvgIpc) is 3.24. The van der Waals surface area contributed by atoms with Crippen molar-refractivity contribution in [1.29, 1.82) is 0 Å². The van der Waals surface area contributed by atoms with Crippen LogP contribution in [-0.2, 0) is 0 Å². The molecular formula is C17H14N4O4. The Bertz CT molecular complexity index is 925. The van der Waals surface area contributed by atoms with Gasteiger partial charge >= 0.3 is 5.97 Å². The number of para-hydroxylation sites is 1. The molecule has 3 heterocycles. The van der Waals surface area contributed by atoms with E-state index in [-0.39, 0.29) is 17.5 Å². The average molecular weight is 338 g/mol. The third kappa shape index (κ3) is 2.67. The van der Waals surface area contributed by atoms with Crippen LogP contribution in [0.25, 0.3) is 5.69 Å². The van der Waals surface area contributed by atoms with Gasteiger partial charge in [0.25, 0.3) is 5.91 Å². The predicted octanol–water partition coefficient (Wildman–Crippen LogP) is 1.80. The molecule has 1 aliphatic heterocycles. The van der Waals surface area contributed by atoms with Crippen LogP contribution in [-0.4, -0.2) is 49.7 Å². The normalized spacial score (nSPS) is 14.3. The molecule has 1 aromatic carbocycles. The number of aromatic nitrogens is 3. The highest BCUT2D eigenvalue weighted by atomic mass is 16.4. The van der Waals surface area contributed by atoms with E-state index < -0.39 is 5.97 Å². The van der Waals surface area contributed by atoms with Crippen molar-refractivity contribution in [3.63, 3.8) is 0 Å². The Labute approximate surface area is 142 Å². The summed E-state index contributed by atoms with van der Waals surface area (Å²) in [6.07, 6.45) is 2.71. The second-order valence-electron chi connectivity index (χ2n) is 5.75. The lowest BCUT2D eigenvalue weighted by Crippen LogP contribution is -2.49. The van der Waals surface area contributed by atoms with Gasteiger partial charge in [-0.05, 0) is 18.2 Å². The van der Waals surface area contributed by atoms with Crippen molar-refractivity contribution >= 4 is 11.9 Å². The molecule has 25 heavy (non-hydrogen) atoms. The molecule has 0 bridgehead atoms. The highest BCUT2D eigenvalue weighted by Gasteiger charge is 2.36. The van der Waals surface area contributed by atoms with Gasteiger partial charge in [0.1, 0.15) is 12.0 Å². The largest absolute Gasteiger partial charge is 0.476 e. The number of hydrogen-bond acceptors (Lipinski definition) is 5. The molecule has 1 N–H and O–H groups in total. The molecule has 1 aliphatic rings. The molecule has 1 amide bonds. The molecule has 0 saturated carbocycles. The maximum absolute atomic E-state index is 12.7. The zero-order chi connectivity index (χ0) is 17.4. The molecule has 0 aliphatic carbocycles. The number of carbonyl (C=O) groups is 2. The molecule has 4 rings (SSSR count). The first-order chi connectivity index (χ1) is 12.1. The van der Waals surface area contributed by atoms with E-state index in [9.17, 15) is 9.59 Å². The summed E-state index contributed by atoms with van der Waals surface area (Å²) in [6, 6.07) is 11.1. The number of aromatic carboxylic acids is 1. The van der Waals surface area contributed by atoms with Crippen molar-refractivity contribution in [3.8, 4) is 5.69 Å². The SMILES string of the molecule is O=C(O)c1coc(C2CN(C(=O)c3ccnn3-c3ccccc3)C2)n1. The first kappa shape index (κ1) is 15.1. The van der Waals surface area contributed by atoms with Crippen LogP contribution < -0.4 is 0 Å². The summed E-state index contributed by atoms with van der Waals surface area (Å²) in [4.78, 5) is 29.1. The van der Waals surface area contributed by atoms with E-state index in [0.29, 0.717) is 24.7 Å². The third-order valence-corrected chi connectivity index (χ3v) is 4.12. The number of hydrogen-bond donors (Lipinski definition) is 1. The van der Waals surface area contributed by atoms with Crippen molar-refractivity contribution in [2.45, 2.75) is 5.92 Å². The minimum Gasteiger partial charge on any atom is -0.476 e. The highest BCUT2D eigenvalue weighted by Crippen LogP contribution is 2.28. The van der Waals surface area contributed by atoms with Crippen LogP contribution in [0.4, 0.5) is 0 Å². The van der Waals surface area contributed by atoms with Crippen LogP contribution in [0.2, 0.25) is 0 Å². The Morgan fingerprint density at radius 2 is 1.92 bits per heavy atom. The van der Waals surface area contributed by atoms with E-state index in [4.69, 9.17) is 9.52 Å². The highest BCUT2D eigenvalue weighted by molar-refractivity contribution is 5.93. The van der Waals surface area contributed by atoms with Gasteiger partial charge in [0.15, 0.2) is 5.69 Å². The molecule has 0 atom stereocenters. The first-order valence-electron chi connectivity index (χ1n) is 7.71. The van der Waals surface area contributed by atoms with E-state index in [0.717, 1.165) is 12.0 Å². The van der Waals surface area contributed by atoms with Gasteiger partial charge in [-0.1, -0.05) is 18.2 Å². The molecular weight excluding hydrogens is 324 g/mol. The Kier molecular flexibility index (Phi) is 3.57. The van der Waals surface area contributed by atoms with Crippen molar-refractivity contribution in [3.05, 3.63) is 66.1 Å². The lowest BCUT2D eigenvalue weighted by atomic mass is 9.99. The molecule has 8 nitrogen and oxygen atoms in total. The van der Waals surface area contributed by atoms with Gasteiger partial charge in [0, 0.05) is 13.1 Å². The van der Waals surface area contributed by atoms with Crippen LogP contribution >= 0.6 is 0 Å². The zero-order valence-corrected chi connectivity index (χ0v) is 13.1. The molecule has 8 heteroatoms. The van der Waals surface area contributed by atoms with E-state index in [1.54, 1.807) is 21.8 Å². The summed E-state index contributed by atoms with van der Waals surface area (Å²) >= 11 is 0. The summed E-state index contributed by atoms with van der Waals surface area (Å²) < 4.78 is 6.79. The van der Waals surface area contributed by atoms with Crippen molar-refractivity contribution < 1.29 is 19.1 Å². The number of carbonyl (C=O) groups excluding carboxylic acids is 1. The van der Waals surface area contributed by atoms with Gasteiger partial charge in [-0.3, -0.25) is 4.79 Å². The van der Waals surface area contributed by atoms with Crippen molar-refractivity contribution in [2.75, 3.05) is 13.1 Å². The molecule has 1 fully saturated rings. The minimum absolute atomic E-state index is 0.0925. The Morgan fingerprint density at radius 1 is 1.16 bits per heavy atom. The maximum Gasteiger partial charge on any atom is 0.357 e. The fourth-order valence-corrected chi connectivity index (χ4v) is 2.78. The number of nitrogens with zero attached hydrogens (tertiary/aromatic N) is 4. The first-order valence-corrected chi connectivity index (χ1v) is 7.71. The smallest absolute Gasteiger partial charge is 0.357 e. The number of carboxylic acids is 1. The molecule has 0 radical (unpaired) electrons. The Balaban J connectivity index is 1.47. The number of rotatable bonds is 4. The van der Waals surface area contributed by atoms with Crippen LogP contribution in [0.5, 0.6) is 0 Å². The van der Waals surface area contributed by atoms with Gasteiger partial charge in [-0.2, -0.15) is 5.10 Å². The van der Waals surface area contributed by atoms with Crippen LogP contribution in [0.1, 0.15) is 32.8 Å². The Hall–Kier alpha value is -3.42. The lowest BCUT2D eigenvalue weighted by molar-refractivity contribution is 0.0565. The van der Waals surface area contributed by atoms with E-state index >= 15 is 0 Å². The summed E-state index contributed by atoms with van der Waals surface area (Å²) in [6.45, 7) is 0.858. The van der Waals surface area contributed by atoms with Gasteiger partial charge in [0.2, 0.25) is 5.89 Å². The molecule has 126 valence electrons. The molecule has 0 unspecified atom stereocenters. The third-order valence-electron chi connectivity index (χ3n) is 4.12. The van der Waals surface area contributed by atoms with Gasteiger partial charge in [-0.15, -0.1) is 0 Å². The second kappa shape index (κ2) is 5.90. The van der Waals surface area contributed by atoms with E-state index in [2.05, 4.69) is 10.1 Å². The summed E-state index contributed by atoms with van der Waals surface area (Å²) in [5.41, 5.74) is 1.16. The fourth-order valence-electron chi connectivity index (χ4n) is 2.78. The maximum atomic E-state index is 12.7. The Morgan fingerprint density at radius 3 is 2.60 bits per heavy atom. The van der Waals surface area contributed by atoms with Crippen LogP contribution in [0.3, 0.4) is 0 Å². The quantitative estimate of drug-likeness (QED) is 0.778. The predicted molar refractivity (Wildman–Crippen MR) is 85.7 cm³/mol. The summed E-state index contributed by atoms with van der Waals surface area (Å²) in [5.74, 6) is -1.01. The van der Waals surface area contributed by atoms with E-state index in [1.807, 2.05) is 30.3 Å². The number of amides is 1. The number of carboxylic acid groups (broad SMARTS) is 1. The van der Waals surface area contributed by atoms with Gasteiger partial charge in [0.05, 0.1) is 17.8 Å². The van der Waals surface area contributed by atoms with Crippen molar-refractivity contribution in [1.82, 2.24) is 19.7 Å². The van der Waals surface area contributed by atoms with Gasteiger partial charge < -0.3 is 14.4 Å². The van der Waals surface area contributed by atoms with Crippen LogP contribution in [0, 0.1) is 0 Å². The van der Waals surface area contributed by atoms with Crippen molar-refractivity contribution in [2.24, 2.45) is 0 Å². The number of likely N-dealkylation sites (tertiary alicyclic amines) is 1. The van der Waals surface area contributed by atoms with Crippen LogP contribution in [0.15, 0.2) is 53.3 Å². The van der Waals surface area contributed by atoms with Gasteiger partial charge in [-0.25, -0.2) is 14.5 Å². The zero-order valence-electron chi connectivity index (χ0n) is 13.1. The number of benzene rings is 1. The molecule has 1 saturated heterocycles. The monoisotopic (exact) mass is 338 g/mol. The standard InChI is InChI=1S/C17H14N4O4/c22-16(14-6-7-18-21(14)12-4-2-1-3-5-12)20-8-11(9-20)15-19-13(10-25-15)17(23)24/h1-7,10-11H,8-9H2,(H,23,24). The topological polar surface area (TPSA) is 101 Å². The van der Waals surface area contributed by atoms with E-state index in [1.165, 1.54) is 0 Å². The summed E-state index contributed by atoms with van der Waals surface area (Å²) in [7, 11) is 0. The molecule has 2 aromatic heterocycles.